The Bertz CT molecular complexity index is 740. The van der Waals surface area contributed by atoms with Gasteiger partial charge in [-0.05, 0) is 52.0 Å². The topological polar surface area (TPSA) is 49.7 Å². The third kappa shape index (κ3) is 5.70. The van der Waals surface area contributed by atoms with Gasteiger partial charge in [-0.25, -0.2) is 0 Å². The first-order chi connectivity index (χ1) is 10.8. The summed E-state index contributed by atoms with van der Waals surface area (Å²) in [6, 6.07) is 11.0. The highest BCUT2D eigenvalue weighted by atomic mass is 35.5. The van der Waals surface area contributed by atoms with Crippen LogP contribution in [0.25, 0.3) is 0 Å². The zero-order valence-corrected chi connectivity index (χ0v) is 15.0. The van der Waals surface area contributed by atoms with Crippen LogP contribution in [0.5, 0.6) is 0 Å². The first-order valence-corrected chi connectivity index (χ1v) is 7.74. The number of Topliss-reactive ketones (excluding diaryl/α,β-unsaturated/α-hetero) is 1. The monoisotopic (exact) mass is 351 g/mol. The molecule has 0 bridgehead atoms. The van der Waals surface area contributed by atoms with E-state index in [1.807, 2.05) is 32.0 Å². The van der Waals surface area contributed by atoms with Crippen molar-refractivity contribution in [3.63, 3.8) is 0 Å². The highest BCUT2D eigenvalue weighted by Gasteiger charge is 2.04. The molecule has 0 heterocycles. The summed E-state index contributed by atoms with van der Waals surface area (Å²) in [7, 11) is 0. The molecule has 0 aliphatic rings. The van der Waals surface area contributed by atoms with E-state index in [1.165, 1.54) is 6.92 Å². The molecule has 0 aromatic heterocycles. The molecule has 0 aliphatic heterocycles. The summed E-state index contributed by atoms with van der Waals surface area (Å²) in [4.78, 5) is 10.9. The number of nitrogens with zero attached hydrogens (tertiary/aromatic N) is 1. The number of aryl methyl sites for hydroxylation is 2. The molecule has 3 nitrogen and oxygen atoms in total. The minimum atomic E-state index is 0.0127. The van der Waals surface area contributed by atoms with E-state index in [0.29, 0.717) is 21.3 Å². The predicted molar refractivity (Wildman–Crippen MR) is 96.4 cm³/mol. The molecule has 2 aromatic rings. The van der Waals surface area contributed by atoms with Crippen molar-refractivity contribution in [3.05, 3.63) is 68.7 Å². The number of rotatable bonds is 2. The lowest BCUT2D eigenvalue weighted by Crippen LogP contribution is -1.95. The normalized spacial score (nSPS) is 10.8. The summed E-state index contributed by atoms with van der Waals surface area (Å²) in [6.07, 6.45) is 0. The maximum Gasteiger partial charge on any atom is 0.161 e. The van der Waals surface area contributed by atoms with Gasteiger partial charge in [-0.2, -0.15) is 0 Å². The van der Waals surface area contributed by atoms with Gasteiger partial charge in [0.25, 0.3) is 0 Å². The Morgan fingerprint density at radius 2 is 1.35 bits per heavy atom. The first-order valence-electron chi connectivity index (χ1n) is 6.98. The van der Waals surface area contributed by atoms with Gasteiger partial charge in [-0.15, -0.1) is 0 Å². The Kier molecular flexibility index (Phi) is 7.27. The molecule has 0 aliphatic carbocycles. The maximum atomic E-state index is 10.9. The van der Waals surface area contributed by atoms with Crippen LogP contribution in [0.15, 0.2) is 41.6 Å². The summed E-state index contributed by atoms with van der Waals surface area (Å²) >= 11 is 11.6. The third-order valence-corrected chi connectivity index (χ3v) is 3.82. The van der Waals surface area contributed by atoms with E-state index in [9.17, 15) is 4.79 Å². The lowest BCUT2D eigenvalue weighted by atomic mass is 10.1. The zero-order valence-electron chi connectivity index (χ0n) is 13.5. The molecule has 2 rings (SSSR count). The minimum absolute atomic E-state index is 0.0127. The molecule has 0 saturated carbocycles. The first kappa shape index (κ1) is 19.2. The van der Waals surface area contributed by atoms with Crippen molar-refractivity contribution in [1.29, 1.82) is 0 Å². The van der Waals surface area contributed by atoms with Crippen molar-refractivity contribution in [1.82, 2.24) is 0 Å². The fraction of sp³-hybridized carbons (Fsp3) is 0.222. The van der Waals surface area contributed by atoms with Crippen molar-refractivity contribution in [2.45, 2.75) is 27.7 Å². The number of carbonyl (C=O) groups excluding carboxylic acids is 1. The minimum Gasteiger partial charge on any atom is -0.411 e. The van der Waals surface area contributed by atoms with Gasteiger partial charge < -0.3 is 5.21 Å². The quantitative estimate of drug-likeness (QED) is 0.326. The number of benzene rings is 2. The van der Waals surface area contributed by atoms with Crippen LogP contribution in [-0.4, -0.2) is 16.7 Å². The summed E-state index contributed by atoms with van der Waals surface area (Å²) in [6.45, 7) is 7.12. The summed E-state index contributed by atoms with van der Waals surface area (Å²) in [5, 5.41) is 12.8. The largest absolute Gasteiger partial charge is 0.411 e. The molecule has 0 fully saturated rings. The molecule has 0 atom stereocenters. The summed E-state index contributed by atoms with van der Waals surface area (Å²) < 4.78 is 0. The van der Waals surface area contributed by atoms with Crippen LogP contribution in [0.4, 0.5) is 0 Å². The molecule has 0 spiro atoms. The van der Waals surface area contributed by atoms with Gasteiger partial charge in [-0.3, -0.25) is 4.79 Å². The molecule has 0 radical (unpaired) electrons. The maximum absolute atomic E-state index is 10.9. The molecule has 23 heavy (non-hydrogen) atoms. The lowest BCUT2D eigenvalue weighted by Gasteiger charge is -2.02. The lowest BCUT2D eigenvalue weighted by molar-refractivity contribution is 0.101. The van der Waals surface area contributed by atoms with Crippen molar-refractivity contribution >= 4 is 34.7 Å². The van der Waals surface area contributed by atoms with E-state index >= 15 is 0 Å². The van der Waals surface area contributed by atoms with Crippen LogP contribution >= 0.6 is 23.2 Å². The van der Waals surface area contributed by atoms with Gasteiger partial charge in [0.05, 0.1) is 10.7 Å². The van der Waals surface area contributed by atoms with Gasteiger partial charge in [0.15, 0.2) is 5.78 Å². The molecule has 5 heteroatoms. The standard InChI is InChI=1S/C9H10ClNO.C9H9ClO/c1-6-3-4-9(10)8(5-6)7(2)11-12;1-6-3-4-9(10)8(5-6)7(2)11/h3-5,12H,1-2H3;3-5H,1-2H3/b11-7+;. The van der Waals surface area contributed by atoms with Gasteiger partial charge in [-0.1, -0.05) is 51.6 Å². The van der Waals surface area contributed by atoms with Crippen molar-refractivity contribution in [2.75, 3.05) is 0 Å². The molecule has 122 valence electrons. The Morgan fingerprint density at radius 1 is 0.913 bits per heavy atom. The Labute approximate surface area is 146 Å². The zero-order chi connectivity index (χ0) is 17.6. The molecule has 1 N–H and O–H groups in total. The third-order valence-electron chi connectivity index (χ3n) is 3.16. The van der Waals surface area contributed by atoms with Crippen LogP contribution in [-0.2, 0) is 0 Å². The van der Waals surface area contributed by atoms with Crippen molar-refractivity contribution < 1.29 is 10.0 Å². The Morgan fingerprint density at radius 3 is 1.74 bits per heavy atom. The number of ketones is 1. The molecule has 0 unspecified atom stereocenters. The number of oxime groups is 1. The Hall–Kier alpha value is -1.84. The van der Waals surface area contributed by atoms with Crippen LogP contribution < -0.4 is 0 Å². The summed E-state index contributed by atoms with van der Waals surface area (Å²) in [5.74, 6) is 0.0127. The number of halogens is 2. The van der Waals surface area contributed by atoms with Crippen molar-refractivity contribution in [3.8, 4) is 0 Å². The number of carbonyl (C=O) groups is 1. The van der Waals surface area contributed by atoms with Crippen LogP contribution in [0.2, 0.25) is 10.0 Å². The van der Waals surface area contributed by atoms with Gasteiger partial charge in [0, 0.05) is 16.1 Å². The fourth-order valence-electron chi connectivity index (χ4n) is 1.88. The highest BCUT2D eigenvalue weighted by molar-refractivity contribution is 6.34. The van der Waals surface area contributed by atoms with E-state index in [1.54, 1.807) is 25.1 Å². The SMILES string of the molecule is C/C(=N\O)c1cc(C)ccc1Cl.CC(=O)c1cc(C)ccc1Cl. The van der Waals surface area contributed by atoms with Crippen molar-refractivity contribution in [2.24, 2.45) is 5.16 Å². The van der Waals surface area contributed by atoms with Gasteiger partial charge in [0.2, 0.25) is 0 Å². The van der Waals surface area contributed by atoms with E-state index in [2.05, 4.69) is 5.16 Å². The van der Waals surface area contributed by atoms with E-state index < -0.39 is 0 Å². The molecule has 0 saturated heterocycles. The van der Waals surface area contributed by atoms with E-state index in [0.717, 1.165) is 16.7 Å². The smallest absolute Gasteiger partial charge is 0.161 e. The second-order valence-electron chi connectivity index (χ2n) is 5.21. The van der Waals surface area contributed by atoms with Crippen LogP contribution in [0, 0.1) is 13.8 Å². The molecule has 0 amide bonds. The summed E-state index contributed by atoms with van der Waals surface area (Å²) in [5.41, 5.74) is 4.06. The predicted octanol–water partition coefficient (Wildman–Crippen LogP) is 5.70. The van der Waals surface area contributed by atoms with Gasteiger partial charge in [0.1, 0.15) is 0 Å². The fourth-order valence-corrected chi connectivity index (χ4v) is 2.38. The van der Waals surface area contributed by atoms with E-state index in [-0.39, 0.29) is 5.78 Å². The van der Waals surface area contributed by atoms with Gasteiger partial charge >= 0.3 is 0 Å². The number of hydrogen-bond donors (Lipinski definition) is 1. The molecule has 2 aromatic carbocycles. The number of hydrogen-bond acceptors (Lipinski definition) is 3. The second kappa shape index (κ2) is 8.70. The highest BCUT2D eigenvalue weighted by Crippen LogP contribution is 2.18. The second-order valence-corrected chi connectivity index (χ2v) is 6.02. The van der Waals surface area contributed by atoms with E-state index in [4.69, 9.17) is 28.4 Å². The van der Waals surface area contributed by atoms with Crippen LogP contribution in [0.3, 0.4) is 0 Å². The average molecular weight is 352 g/mol. The van der Waals surface area contributed by atoms with Crippen LogP contribution in [0.1, 0.15) is 40.9 Å². The molecular formula is C18H19Cl2NO2. The average Bonchev–Trinajstić information content (AvgIpc) is 2.51. The Balaban J connectivity index is 0.000000231. The molecular weight excluding hydrogens is 333 g/mol.